The Hall–Kier alpha value is -0.370. The summed E-state index contributed by atoms with van der Waals surface area (Å²) in [4.78, 5) is 11.5. The fourth-order valence-electron chi connectivity index (χ4n) is 3.72. The molecule has 3 saturated carbocycles. The molecule has 12 heavy (non-hydrogen) atoms. The van der Waals surface area contributed by atoms with E-state index in [1.165, 1.54) is 6.42 Å². The summed E-state index contributed by atoms with van der Waals surface area (Å²) in [6.07, 6.45) is 4.53. The minimum absolute atomic E-state index is 0.230. The highest BCUT2D eigenvalue weighted by Gasteiger charge is 2.55. The number of hydrogen-bond acceptors (Lipinski definition) is 2. The third kappa shape index (κ3) is 0.764. The van der Waals surface area contributed by atoms with Crippen molar-refractivity contribution in [1.82, 2.24) is 0 Å². The van der Waals surface area contributed by atoms with Crippen molar-refractivity contribution < 1.29 is 9.90 Å². The molecular weight excluding hydrogens is 152 g/mol. The van der Waals surface area contributed by atoms with Crippen LogP contribution in [0.15, 0.2) is 0 Å². The Kier molecular flexibility index (Phi) is 1.13. The van der Waals surface area contributed by atoms with E-state index in [0.717, 1.165) is 25.7 Å². The smallest absolute Gasteiger partial charge is 0.136 e. The van der Waals surface area contributed by atoms with Crippen LogP contribution in [0.1, 0.15) is 32.1 Å². The maximum atomic E-state index is 11.5. The highest BCUT2D eigenvalue weighted by atomic mass is 16.3. The number of aliphatic hydroxyl groups is 1. The van der Waals surface area contributed by atoms with E-state index in [1.807, 2.05) is 0 Å². The van der Waals surface area contributed by atoms with Crippen molar-refractivity contribution in [3.8, 4) is 0 Å². The molecule has 3 aliphatic rings. The number of fused-ring (bicyclic) bond motifs is 2. The molecule has 3 fully saturated rings. The molecule has 0 unspecified atom stereocenters. The molecule has 3 aliphatic carbocycles. The van der Waals surface area contributed by atoms with Gasteiger partial charge in [0.25, 0.3) is 0 Å². The minimum Gasteiger partial charge on any atom is -0.390 e. The topological polar surface area (TPSA) is 37.3 Å². The highest BCUT2D eigenvalue weighted by molar-refractivity contribution is 5.83. The van der Waals surface area contributed by atoms with Crippen LogP contribution in [-0.4, -0.2) is 16.5 Å². The minimum atomic E-state index is -0.440. The van der Waals surface area contributed by atoms with E-state index in [-0.39, 0.29) is 5.92 Å². The summed E-state index contributed by atoms with van der Waals surface area (Å²) in [7, 11) is 0. The molecule has 0 aliphatic heterocycles. The zero-order valence-corrected chi connectivity index (χ0v) is 7.12. The van der Waals surface area contributed by atoms with E-state index in [0.29, 0.717) is 17.6 Å². The van der Waals surface area contributed by atoms with E-state index in [1.54, 1.807) is 0 Å². The molecule has 0 radical (unpaired) electrons. The van der Waals surface area contributed by atoms with Gasteiger partial charge in [-0.05, 0) is 37.5 Å². The molecule has 66 valence electrons. The van der Waals surface area contributed by atoms with E-state index in [4.69, 9.17) is 0 Å². The van der Waals surface area contributed by atoms with Gasteiger partial charge in [-0.15, -0.1) is 0 Å². The van der Waals surface area contributed by atoms with Crippen molar-refractivity contribution in [2.24, 2.45) is 17.8 Å². The predicted octanol–water partition coefficient (Wildman–Crippen LogP) is 1.13. The van der Waals surface area contributed by atoms with Crippen LogP contribution in [0.5, 0.6) is 0 Å². The Labute approximate surface area is 72.0 Å². The number of carbonyl (C=O) groups is 1. The highest BCUT2D eigenvalue weighted by Crippen LogP contribution is 2.55. The fourth-order valence-corrected chi connectivity index (χ4v) is 3.72. The zero-order chi connectivity index (χ0) is 8.34. The van der Waals surface area contributed by atoms with E-state index < -0.39 is 5.60 Å². The number of hydrogen-bond donors (Lipinski definition) is 1. The normalized spacial score (nSPS) is 56.4. The summed E-state index contributed by atoms with van der Waals surface area (Å²) in [5, 5.41) is 10.1. The first-order valence-corrected chi connectivity index (χ1v) is 4.91. The lowest BCUT2D eigenvalue weighted by molar-refractivity contribution is -0.127. The molecule has 1 N–H and O–H groups in total. The third-order valence-corrected chi connectivity index (χ3v) is 4.02. The van der Waals surface area contributed by atoms with Gasteiger partial charge in [-0.1, -0.05) is 0 Å². The molecule has 2 nitrogen and oxygen atoms in total. The Morgan fingerprint density at radius 3 is 3.00 bits per heavy atom. The summed E-state index contributed by atoms with van der Waals surface area (Å²) < 4.78 is 0. The molecular formula is C10H14O2. The quantitative estimate of drug-likeness (QED) is 0.585. The van der Waals surface area contributed by atoms with Gasteiger partial charge in [-0.2, -0.15) is 0 Å². The van der Waals surface area contributed by atoms with Gasteiger partial charge >= 0.3 is 0 Å². The van der Waals surface area contributed by atoms with Gasteiger partial charge in [0.15, 0.2) is 0 Å². The predicted molar refractivity (Wildman–Crippen MR) is 43.5 cm³/mol. The van der Waals surface area contributed by atoms with Crippen LogP contribution in [0.25, 0.3) is 0 Å². The van der Waals surface area contributed by atoms with Gasteiger partial charge < -0.3 is 5.11 Å². The maximum absolute atomic E-state index is 11.5. The van der Waals surface area contributed by atoms with Crippen LogP contribution in [0.3, 0.4) is 0 Å². The first kappa shape index (κ1) is 7.07. The number of carbonyl (C=O) groups excluding carboxylic acids is 1. The van der Waals surface area contributed by atoms with Gasteiger partial charge in [0.05, 0.1) is 5.60 Å². The fraction of sp³-hybridized carbons (Fsp3) is 0.900. The van der Waals surface area contributed by atoms with Gasteiger partial charge in [0, 0.05) is 12.3 Å². The van der Waals surface area contributed by atoms with Crippen molar-refractivity contribution in [2.75, 3.05) is 0 Å². The summed E-state index contributed by atoms with van der Waals surface area (Å²) in [5.41, 5.74) is -0.440. The third-order valence-electron chi connectivity index (χ3n) is 4.02. The van der Waals surface area contributed by atoms with E-state index in [9.17, 15) is 9.90 Å². The van der Waals surface area contributed by atoms with Gasteiger partial charge in [-0.3, -0.25) is 4.79 Å². The van der Waals surface area contributed by atoms with Crippen LogP contribution in [0.4, 0.5) is 0 Å². The number of ketones is 1. The molecule has 0 spiro atoms. The van der Waals surface area contributed by atoms with Crippen molar-refractivity contribution >= 4 is 5.78 Å². The largest absolute Gasteiger partial charge is 0.390 e. The summed E-state index contributed by atoms with van der Waals surface area (Å²) in [6.45, 7) is 0. The first-order chi connectivity index (χ1) is 5.66. The molecule has 0 heterocycles. The van der Waals surface area contributed by atoms with E-state index >= 15 is 0 Å². The second-order valence-electron chi connectivity index (χ2n) is 4.98. The maximum Gasteiger partial charge on any atom is 0.136 e. The molecule has 0 aromatic rings. The second-order valence-corrected chi connectivity index (χ2v) is 4.98. The van der Waals surface area contributed by atoms with E-state index in [2.05, 4.69) is 0 Å². The number of Topliss-reactive ketones (excluding diaryl/α,β-unsaturated/α-hetero) is 1. The van der Waals surface area contributed by atoms with Crippen molar-refractivity contribution in [3.05, 3.63) is 0 Å². The summed E-state index contributed by atoms with van der Waals surface area (Å²) in [5.74, 6) is 1.72. The molecule has 0 aromatic heterocycles. The van der Waals surface area contributed by atoms with Crippen molar-refractivity contribution in [1.29, 1.82) is 0 Å². The molecule has 2 heteroatoms. The van der Waals surface area contributed by atoms with Crippen molar-refractivity contribution in [3.63, 3.8) is 0 Å². The molecule has 4 atom stereocenters. The molecule has 0 aromatic carbocycles. The lowest BCUT2D eigenvalue weighted by Gasteiger charge is -2.35. The molecule has 3 rings (SSSR count). The van der Waals surface area contributed by atoms with Crippen LogP contribution < -0.4 is 0 Å². The van der Waals surface area contributed by atoms with Gasteiger partial charge in [0.1, 0.15) is 5.78 Å². The summed E-state index contributed by atoms with van der Waals surface area (Å²) in [6, 6.07) is 0. The Bertz CT molecular complexity index is 248. The first-order valence-electron chi connectivity index (χ1n) is 4.91. The van der Waals surface area contributed by atoms with Crippen LogP contribution in [0.2, 0.25) is 0 Å². The average Bonchev–Trinajstić information content (AvgIpc) is 2.14. The molecule has 0 saturated heterocycles. The van der Waals surface area contributed by atoms with Gasteiger partial charge in [-0.25, -0.2) is 0 Å². The second kappa shape index (κ2) is 1.92. The van der Waals surface area contributed by atoms with Crippen LogP contribution in [-0.2, 0) is 4.79 Å². The summed E-state index contributed by atoms with van der Waals surface area (Å²) >= 11 is 0. The molecule has 3 bridgehead atoms. The Balaban J connectivity index is 2.03. The van der Waals surface area contributed by atoms with Crippen molar-refractivity contribution in [2.45, 2.75) is 37.7 Å². The van der Waals surface area contributed by atoms with Gasteiger partial charge in [0.2, 0.25) is 0 Å². The number of rotatable bonds is 0. The zero-order valence-electron chi connectivity index (χ0n) is 7.12. The SMILES string of the molecule is O=C1C[C@H]2C[C@@H]3C[C@](O)(C2)C[C@H]13. The average molecular weight is 166 g/mol. The standard InChI is InChI=1S/C10H14O2/c11-9-2-6-1-7-4-10(12,3-6)5-8(7)9/h6-8,12H,1-5H2/t6-,7-,8+,10-/m1/s1. The lowest BCUT2D eigenvalue weighted by Crippen LogP contribution is -2.35. The lowest BCUT2D eigenvalue weighted by atomic mass is 9.71. The Morgan fingerprint density at radius 2 is 2.17 bits per heavy atom. The van der Waals surface area contributed by atoms with Crippen LogP contribution in [0, 0.1) is 17.8 Å². The monoisotopic (exact) mass is 166 g/mol. The molecule has 0 amide bonds. The van der Waals surface area contributed by atoms with Crippen LogP contribution >= 0.6 is 0 Å². The Morgan fingerprint density at radius 1 is 1.33 bits per heavy atom.